The highest BCUT2D eigenvalue weighted by molar-refractivity contribution is 7.15. The monoisotopic (exact) mass is 307 g/mol. The van der Waals surface area contributed by atoms with E-state index in [0.717, 1.165) is 5.13 Å². The van der Waals surface area contributed by atoms with Gasteiger partial charge in [0.05, 0.1) is 17.8 Å². The standard InChI is InChI=1S/C15H21N3S2/c1-10(12-8-5-9-19-12)18(3)15-17-14-11(16-2)6-4-7-13(14)20-15/h5,8-11,16H,4,6-7H2,1-3H3. The zero-order chi connectivity index (χ0) is 14.1. The zero-order valence-electron chi connectivity index (χ0n) is 12.2. The largest absolute Gasteiger partial charge is 0.344 e. The molecule has 0 aliphatic heterocycles. The number of aryl methyl sites for hydroxylation is 1. The van der Waals surface area contributed by atoms with Crippen LogP contribution in [0, 0.1) is 0 Å². The van der Waals surface area contributed by atoms with E-state index in [1.807, 2.05) is 29.7 Å². The van der Waals surface area contributed by atoms with Crippen molar-refractivity contribution in [3.63, 3.8) is 0 Å². The summed E-state index contributed by atoms with van der Waals surface area (Å²) in [6, 6.07) is 5.15. The quantitative estimate of drug-likeness (QED) is 0.925. The van der Waals surface area contributed by atoms with Crippen molar-refractivity contribution in [3.05, 3.63) is 33.0 Å². The number of aromatic nitrogens is 1. The third kappa shape index (κ3) is 2.50. The van der Waals surface area contributed by atoms with Crippen LogP contribution in [-0.4, -0.2) is 19.1 Å². The number of thiophene rings is 1. The van der Waals surface area contributed by atoms with Crippen LogP contribution in [0.15, 0.2) is 17.5 Å². The Morgan fingerprint density at radius 3 is 3.05 bits per heavy atom. The fourth-order valence-corrected chi connectivity index (χ4v) is 4.75. The van der Waals surface area contributed by atoms with Gasteiger partial charge in [0.1, 0.15) is 0 Å². The number of fused-ring (bicyclic) bond motifs is 1. The van der Waals surface area contributed by atoms with Crippen molar-refractivity contribution in [1.82, 2.24) is 10.3 Å². The molecule has 0 spiro atoms. The van der Waals surface area contributed by atoms with E-state index in [-0.39, 0.29) is 0 Å². The summed E-state index contributed by atoms with van der Waals surface area (Å²) in [6.07, 6.45) is 3.66. The lowest BCUT2D eigenvalue weighted by atomic mass is 9.98. The number of hydrogen-bond donors (Lipinski definition) is 1. The van der Waals surface area contributed by atoms with E-state index in [9.17, 15) is 0 Å². The minimum absolute atomic E-state index is 0.385. The van der Waals surface area contributed by atoms with Gasteiger partial charge in [-0.05, 0) is 44.7 Å². The van der Waals surface area contributed by atoms with Crippen LogP contribution in [0.25, 0.3) is 0 Å². The number of nitrogens with zero attached hydrogens (tertiary/aromatic N) is 2. The molecule has 1 aliphatic carbocycles. The van der Waals surface area contributed by atoms with Crippen LogP contribution in [0.2, 0.25) is 0 Å². The maximum Gasteiger partial charge on any atom is 0.186 e. The van der Waals surface area contributed by atoms with Gasteiger partial charge in [0.15, 0.2) is 5.13 Å². The van der Waals surface area contributed by atoms with Crippen LogP contribution in [0.4, 0.5) is 5.13 Å². The highest BCUT2D eigenvalue weighted by Crippen LogP contribution is 2.38. The smallest absolute Gasteiger partial charge is 0.186 e. The van der Waals surface area contributed by atoms with Crippen LogP contribution in [0.5, 0.6) is 0 Å². The molecule has 3 nitrogen and oxygen atoms in total. The molecule has 108 valence electrons. The highest BCUT2D eigenvalue weighted by Gasteiger charge is 2.25. The lowest BCUT2D eigenvalue weighted by molar-refractivity contribution is 0.489. The Morgan fingerprint density at radius 2 is 2.35 bits per heavy atom. The van der Waals surface area contributed by atoms with Crippen LogP contribution in [0.1, 0.15) is 47.3 Å². The molecule has 0 radical (unpaired) electrons. The number of anilines is 1. The molecule has 0 bridgehead atoms. The molecular formula is C15H21N3S2. The summed E-state index contributed by atoms with van der Waals surface area (Å²) in [7, 11) is 4.19. The molecule has 2 unspecified atom stereocenters. The van der Waals surface area contributed by atoms with Crippen molar-refractivity contribution in [2.75, 3.05) is 19.0 Å². The molecular weight excluding hydrogens is 286 g/mol. The van der Waals surface area contributed by atoms with Crippen molar-refractivity contribution < 1.29 is 0 Å². The molecule has 2 aromatic rings. The van der Waals surface area contributed by atoms with Crippen molar-refractivity contribution >= 4 is 27.8 Å². The summed E-state index contributed by atoms with van der Waals surface area (Å²) in [6.45, 7) is 2.25. The minimum Gasteiger partial charge on any atom is -0.344 e. The molecule has 2 aromatic heterocycles. The third-order valence-corrected chi connectivity index (χ3v) is 6.39. The molecule has 1 N–H and O–H groups in total. The van der Waals surface area contributed by atoms with Crippen LogP contribution >= 0.6 is 22.7 Å². The summed E-state index contributed by atoms with van der Waals surface area (Å²) in [4.78, 5) is 10.1. The van der Waals surface area contributed by atoms with E-state index in [1.165, 1.54) is 34.7 Å². The second kappa shape index (κ2) is 5.84. The fourth-order valence-electron chi connectivity index (χ4n) is 2.72. The molecule has 0 amide bonds. The van der Waals surface area contributed by atoms with Crippen molar-refractivity contribution in [1.29, 1.82) is 0 Å². The van der Waals surface area contributed by atoms with Gasteiger partial charge in [0, 0.05) is 16.8 Å². The maximum absolute atomic E-state index is 4.92. The lowest BCUT2D eigenvalue weighted by Crippen LogP contribution is -2.22. The van der Waals surface area contributed by atoms with Gasteiger partial charge >= 0.3 is 0 Å². The average molecular weight is 307 g/mol. The van der Waals surface area contributed by atoms with Gasteiger partial charge in [-0.25, -0.2) is 4.98 Å². The Kier molecular flexibility index (Phi) is 4.10. The van der Waals surface area contributed by atoms with E-state index in [1.54, 1.807) is 0 Å². The SMILES string of the molecule is CNC1CCCc2sc(N(C)C(C)c3cccs3)nc21. The second-order valence-corrected chi connectivity index (χ2v) is 7.38. The molecule has 20 heavy (non-hydrogen) atoms. The predicted octanol–water partition coefficient (Wildman–Crippen LogP) is 4.00. The second-order valence-electron chi connectivity index (χ2n) is 5.34. The van der Waals surface area contributed by atoms with Gasteiger partial charge in [-0.3, -0.25) is 0 Å². The van der Waals surface area contributed by atoms with Gasteiger partial charge in [-0.1, -0.05) is 6.07 Å². The van der Waals surface area contributed by atoms with Crippen molar-refractivity contribution in [2.45, 2.75) is 38.3 Å². The lowest BCUT2D eigenvalue weighted by Gasteiger charge is -2.23. The summed E-state index contributed by atoms with van der Waals surface area (Å²) < 4.78 is 0. The first-order chi connectivity index (χ1) is 9.70. The van der Waals surface area contributed by atoms with Crippen molar-refractivity contribution in [3.8, 4) is 0 Å². The first-order valence-electron chi connectivity index (χ1n) is 7.13. The maximum atomic E-state index is 4.92. The van der Waals surface area contributed by atoms with Crippen LogP contribution < -0.4 is 10.2 Å². The molecule has 1 aliphatic rings. The fraction of sp³-hybridized carbons (Fsp3) is 0.533. The first kappa shape index (κ1) is 14.0. The van der Waals surface area contributed by atoms with Gasteiger partial charge in [-0.15, -0.1) is 22.7 Å². The van der Waals surface area contributed by atoms with E-state index < -0.39 is 0 Å². The molecule has 3 rings (SSSR count). The number of hydrogen-bond acceptors (Lipinski definition) is 5. The third-order valence-electron chi connectivity index (χ3n) is 4.13. The molecule has 2 atom stereocenters. The summed E-state index contributed by atoms with van der Waals surface area (Å²) in [5, 5.41) is 6.69. The molecule has 2 heterocycles. The molecule has 0 fully saturated rings. The summed E-state index contributed by atoms with van der Waals surface area (Å²) in [5.41, 5.74) is 1.28. The Morgan fingerprint density at radius 1 is 1.50 bits per heavy atom. The Labute approximate surface area is 128 Å². The summed E-state index contributed by atoms with van der Waals surface area (Å²) >= 11 is 3.68. The number of nitrogens with one attached hydrogen (secondary N) is 1. The Bertz CT molecular complexity index is 562. The van der Waals surface area contributed by atoms with Crippen LogP contribution in [0.3, 0.4) is 0 Å². The normalized spacial score (nSPS) is 19.6. The summed E-state index contributed by atoms with van der Waals surface area (Å²) in [5.74, 6) is 0. The molecule has 0 saturated heterocycles. The minimum atomic E-state index is 0.385. The first-order valence-corrected chi connectivity index (χ1v) is 8.83. The van der Waals surface area contributed by atoms with Crippen LogP contribution in [-0.2, 0) is 6.42 Å². The van der Waals surface area contributed by atoms with Crippen molar-refractivity contribution in [2.24, 2.45) is 0 Å². The predicted molar refractivity (Wildman–Crippen MR) is 88.0 cm³/mol. The molecule has 0 aromatic carbocycles. The Balaban J connectivity index is 1.86. The average Bonchev–Trinajstić information content (AvgIpc) is 3.13. The molecule has 5 heteroatoms. The number of rotatable bonds is 4. The number of thiazole rings is 1. The Hall–Kier alpha value is -0.910. The van der Waals surface area contributed by atoms with Gasteiger partial charge < -0.3 is 10.2 Å². The van der Waals surface area contributed by atoms with E-state index >= 15 is 0 Å². The van der Waals surface area contributed by atoms with E-state index in [4.69, 9.17) is 4.98 Å². The topological polar surface area (TPSA) is 28.2 Å². The van der Waals surface area contributed by atoms with Gasteiger partial charge in [0.25, 0.3) is 0 Å². The highest BCUT2D eigenvalue weighted by atomic mass is 32.1. The molecule has 0 saturated carbocycles. The van der Waals surface area contributed by atoms with E-state index in [0.29, 0.717) is 12.1 Å². The van der Waals surface area contributed by atoms with Gasteiger partial charge in [-0.2, -0.15) is 0 Å². The van der Waals surface area contributed by atoms with E-state index in [2.05, 4.69) is 41.7 Å². The van der Waals surface area contributed by atoms with Gasteiger partial charge in [0.2, 0.25) is 0 Å². The zero-order valence-corrected chi connectivity index (χ0v) is 13.9.